The van der Waals surface area contributed by atoms with Gasteiger partial charge in [-0.15, -0.1) is 0 Å². The number of rotatable bonds is 6. The van der Waals surface area contributed by atoms with Crippen molar-refractivity contribution < 1.29 is 4.57 Å². The number of nitrogens with zero attached hydrogens (tertiary/aromatic N) is 1. The first-order valence-corrected chi connectivity index (χ1v) is 20.8. The second-order valence-corrected chi connectivity index (χ2v) is 25.2. The molecule has 0 saturated carbocycles. The summed E-state index contributed by atoms with van der Waals surface area (Å²) in [6.45, 7) is 8.61. The summed E-state index contributed by atoms with van der Waals surface area (Å²) < 4.78 is 18.4. The van der Waals surface area contributed by atoms with Crippen LogP contribution >= 0.6 is 7.29 Å². The van der Waals surface area contributed by atoms with Crippen molar-refractivity contribution in [3.05, 3.63) is 54.6 Å². The molecule has 0 aliphatic rings. The van der Waals surface area contributed by atoms with Crippen molar-refractivity contribution in [2.45, 2.75) is 54.6 Å². The third-order valence-corrected chi connectivity index (χ3v) is 14.6. The van der Waals surface area contributed by atoms with Gasteiger partial charge in [0.05, 0.1) is 0 Å². The van der Waals surface area contributed by atoms with Crippen LogP contribution < -0.4 is 14.2 Å². The molecular formula is C21H32NOPSn. The van der Waals surface area contributed by atoms with E-state index in [1.54, 1.807) is 0 Å². The first kappa shape index (κ1) is 20.7. The van der Waals surface area contributed by atoms with E-state index in [-0.39, 0.29) is 12.1 Å². The fourth-order valence-electron chi connectivity index (χ4n) is 3.65. The molecule has 136 valence electrons. The van der Waals surface area contributed by atoms with Crippen molar-refractivity contribution in [1.29, 1.82) is 0 Å². The molecule has 2 aromatic rings. The van der Waals surface area contributed by atoms with E-state index in [9.17, 15) is 4.57 Å². The first-order valence-electron chi connectivity index (χ1n) is 9.14. The van der Waals surface area contributed by atoms with E-state index < -0.39 is 25.7 Å². The molecule has 1 atom stereocenters. The van der Waals surface area contributed by atoms with E-state index in [1.807, 2.05) is 36.4 Å². The van der Waals surface area contributed by atoms with Crippen LogP contribution in [-0.2, 0) is 4.57 Å². The Balaban J connectivity index is 2.86. The average molecular weight is 464 g/mol. The summed E-state index contributed by atoms with van der Waals surface area (Å²) in [6.07, 6.45) is 0. The second kappa shape index (κ2) is 7.98. The Kier molecular flexibility index (Phi) is 6.62. The molecule has 0 aromatic heterocycles. The molecule has 4 heteroatoms. The van der Waals surface area contributed by atoms with Crippen LogP contribution in [0.4, 0.5) is 0 Å². The molecule has 2 rings (SSSR count). The van der Waals surface area contributed by atoms with Gasteiger partial charge in [-0.25, -0.2) is 0 Å². The van der Waals surface area contributed by atoms with Gasteiger partial charge in [-0.2, -0.15) is 0 Å². The van der Waals surface area contributed by atoms with E-state index in [4.69, 9.17) is 0 Å². The van der Waals surface area contributed by atoms with Crippen molar-refractivity contribution in [3.63, 3.8) is 0 Å². The maximum atomic E-state index is 14.8. The zero-order valence-electron chi connectivity index (χ0n) is 16.7. The van der Waals surface area contributed by atoms with Crippen molar-refractivity contribution in [2.24, 2.45) is 0 Å². The second-order valence-electron chi connectivity index (χ2n) is 8.25. The third-order valence-electron chi connectivity index (χ3n) is 4.53. The van der Waals surface area contributed by atoms with Gasteiger partial charge < -0.3 is 0 Å². The van der Waals surface area contributed by atoms with Gasteiger partial charge in [-0.3, -0.25) is 0 Å². The van der Waals surface area contributed by atoms with E-state index in [2.05, 4.69) is 65.4 Å². The average Bonchev–Trinajstić information content (AvgIpc) is 2.54. The van der Waals surface area contributed by atoms with Crippen LogP contribution in [0.2, 0.25) is 14.8 Å². The van der Waals surface area contributed by atoms with Gasteiger partial charge in [0.25, 0.3) is 0 Å². The molecule has 0 aliphatic heterocycles. The fraction of sp³-hybridized carbons (Fsp3) is 0.429. The zero-order chi connectivity index (χ0) is 18.8. The Labute approximate surface area is 157 Å². The molecule has 25 heavy (non-hydrogen) atoms. The molecule has 0 aliphatic carbocycles. The van der Waals surface area contributed by atoms with Gasteiger partial charge in [0.2, 0.25) is 0 Å². The fourth-order valence-corrected chi connectivity index (χ4v) is 14.7. The zero-order valence-corrected chi connectivity index (χ0v) is 20.4. The van der Waals surface area contributed by atoms with Crippen LogP contribution in [0.5, 0.6) is 0 Å². The van der Waals surface area contributed by atoms with Crippen LogP contribution in [0, 0.1) is 0 Å². The summed E-state index contributed by atoms with van der Waals surface area (Å²) in [7, 11) is -2.89. The summed E-state index contributed by atoms with van der Waals surface area (Å²) >= 11 is -2.44. The minimum absolute atomic E-state index is 0.203. The monoisotopic (exact) mass is 465 g/mol. The Morgan fingerprint density at radius 3 is 1.76 bits per heavy atom. The summed E-state index contributed by atoms with van der Waals surface area (Å²) in [5.74, 6) is 0. The van der Waals surface area contributed by atoms with Crippen LogP contribution in [0.15, 0.2) is 54.6 Å². The molecule has 0 heterocycles. The number of benzene rings is 2. The van der Waals surface area contributed by atoms with Crippen LogP contribution in [0.25, 0.3) is 0 Å². The third kappa shape index (κ3) is 4.23. The Bertz CT molecular complexity index is 742. The Morgan fingerprint density at radius 1 is 0.800 bits per heavy atom. The van der Waals surface area contributed by atoms with Gasteiger partial charge in [-0.1, -0.05) is 0 Å². The summed E-state index contributed by atoms with van der Waals surface area (Å²) in [6, 6.07) is 19.0. The van der Waals surface area contributed by atoms with Gasteiger partial charge >= 0.3 is 158 Å². The summed E-state index contributed by atoms with van der Waals surface area (Å²) in [5.41, 5.74) is 0. The van der Waals surface area contributed by atoms with Crippen LogP contribution in [-0.4, -0.2) is 35.1 Å². The molecule has 0 N–H and O–H groups in total. The first-order chi connectivity index (χ1) is 11.6. The standard InChI is InChI=1S/C18H23NOP.3CH3.Sn/c1-15(2)19(16(3)4)21(20,17-11-7-5-8-12-17)18-13-9-6-10-14-18;;;;/h5-13,15-16H,1-4H3;3*1H3;. The van der Waals surface area contributed by atoms with E-state index in [1.165, 1.54) is 3.58 Å². The summed E-state index contributed by atoms with van der Waals surface area (Å²) in [5, 5.41) is 2.01. The molecule has 0 radical (unpaired) electrons. The molecule has 0 spiro atoms. The predicted octanol–water partition coefficient (Wildman–Crippen LogP) is 4.58. The van der Waals surface area contributed by atoms with Crippen molar-refractivity contribution in [1.82, 2.24) is 4.67 Å². The van der Waals surface area contributed by atoms with Crippen LogP contribution in [0.1, 0.15) is 27.7 Å². The van der Waals surface area contributed by atoms with E-state index in [0.29, 0.717) is 0 Å². The Hall–Kier alpha value is -0.571. The normalized spacial score (nSPS) is 15.0. The molecular weight excluding hydrogens is 432 g/mol. The van der Waals surface area contributed by atoms with Gasteiger partial charge in [0.15, 0.2) is 0 Å². The van der Waals surface area contributed by atoms with Gasteiger partial charge in [-0.05, 0) is 0 Å². The minimum atomic E-state index is -2.89. The van der Waals surface area contributed by atoms with Crippen LogP contribution in [0.3, 0.4) is 0 Å². The SMILES string of the molecule is CC(C)N(C(C)C)P(=O)(c1ccccc1)c1cccc[c]1[Sn]([CH3])([CH3])[CH3]. The van der Waals surface area contributed by atoms with Crippen molar-refractivity contribution in [2.75, 3.05) is 0 Å². The topological polar surface area (TPSA) is 20.3 Å². The summed E-state index contributed by atoms with van der Waals surface area (Å²) in [4.78, 5) is 7.20. The molecule has 0 bridgehead atoms. The van der Waals surface area contributed by atoms with E-state index in [0.717, 1.165) is 10.6 Å². The Morgan fingerprint density at radius 2 is 1.28 bits per heavy atom. The molecule has 0 amide bonds. The molecule has 2 nitrogen and oxygen atoms in total. The van der Waals surface area contributed by atoms with Gasteiger partial charge in [0.1, 0.15) is 0 Å². The van der Waals surface area contributed by atoms with Crippen molar-refractivity contribution in [3.8, 4) is 0 Å². The molecule has 0 saturated heterocycles. The molecule has 1 unspecified atom stereocenters. The quantitative estimate of drug-likeness (QED) is 0.461. The predicted molar refractivity (Wildman–Crippen MR) is 115 cm³/mol. The van der Waals surface area contributed by atoms with E-state index >= 15 is 0 Å². The molecule has 0 fully saturated rings. The molecule has 2 aromatic carbocycles. The number of hydrogen-bond acceptors (Lipinski definition) is 1. The van der Waals surface area contributed by atoms with Crippen molar-refractivity contribution >= 4 is 39.9 Å². The maximum absolute atomic E-state index is 14.8. The van der Waals surface area contributed by atoms with Gasteiger partial charge in [0, 0.05) is 0 Å². The number of hydrogen-bond donors (Lipinski definition) is 0.